The Labute approximate surface area is 266 Å². The maximum Gasteiger partial charge on any atom is 0.276 e. The van der Waals surface area contributed by atoms with E-state index in [1.807, 2.05) is 23.6 Å². The van der Waals surface area contributed by atoms with Gasteiger partial charge in [-0.2, -0.15) is 10.2 Å². The van der Waals surface area contributed by atoms with Crippen molar-refractivity contribution in [3.8, 4) is 0 Å². The van der Waals surface area contributed by atoms with E-state index >= 15 is 0 Å². The molecule has 2 aromatic carbocycles. The number of aryl methyl sites for hydroxylation is 3. The van der Waals surface area contributed by atoms with E-state index in [0.29, 0.717) is 39.0 Å². The first-order valence-corrected chi connectivity index (χ1v) is 14.4. The summed E-state index contributed by atoms with van der Waals surface area (Å²) in [4.78, 5) is 59.1. The number of aromatic nitrogens is 8. The zero-order valence-electron chi connectivity index (χ0n) is 25.6. The van der Waals surface area contributed by atoms with Crippen LogP contribution in [0.5, 0.6) is 0 Å². The van der Waals surface area contributed by atoms with E-state index in [0.717, 1.165) is 5.56 Å². The normalized spacial score (nSPS) is 11.5. The van der Waals surface area contributed by atoms with Gasteiger partial charge in [0.2, 0.25) is 23.7 Å². The van der Waals surface area contributed by atoms with Gasteiger partial charge in [-0.05, 0) is 55.0 Å². The van der Waals surface area contributed by atoms with Gasteiger partial charge in [0.25, 0.3) is 11.8 Å². The van der Waals surface area contributed by atoms with Gasteiger partial charge in [-0.15, -0.1) is 0 Å². The molecule has 6 rings (SSSR count). The number of carbonyl (C=O) groups is 4. The molecule has 0 atom stereocenters. The third-order valence-electron chi connectivity index (χ3n) is 7.65. The molecule has 4 heterocycles. The first-order chi connectivity index (χ1) is 22.5. The average Bonchev–Trinajstić information content (AvgIpc) is 3.80. The van der Waals surface area contributed by atoms with Crippen molar-refractivity contribution in [2.45, 2.75) is 20.0 Å². The topological polar surface area (TPSA) is 216 Å². The standard InChI is InChI=1S/C31H30N12O4/c1-17-14-19(27(33)45)16-21-25(17)43(31(37-21)39-29(47)24-9-11-35-41(24)3)13-5-4-12-42-22-7-6-18(26(32)44)15-20(22)36-30(42)38-28(46)23-8-10-34-40(23)2/h4-11,14-16H,12-13H2,1-3H3,(H2,32,44)(H2,33,45)(H,36,38,46)(H,37,39,47)/b5-4+. The first-order valence-electron chi connectivity index (χ1n) is 14.4. The van der Waals surface area contributed by atoms with E-state index in [4.69, 9.17) is 11.5 Å². The highest BCUT2D eigenvalue weighted by Gasteiger charge is 2.20. The van der Waals surface area contributed by atoms with Gasteiger partial charge in [-0.1, -0.05) is 12.2 Å². The van der Waals surface area contributed by atoms with Gasteiger partial charge in [-0.25, -0.2) is 9.97 Å². The monoisotopic (exact) mass is 634 g/mol. The summed E-state index contributed by atoms with van der Waals surface area (Å²) in [6.45, 7) is 2.39. The number of hydrogen-bond donors (Lipinski definition) is 4. The van der Waals surface area contributed by atoms with Crippen LogP contribution in [0.2, 0.25) is 0 Å². The van der Waals surface area contributed by atoms with Crippen LogP contribution >= 0.6 is 0 Å². The molecule has 0 aliphatic carbocycles. The molecule has 0 aliphatic rings. The van der Waals surface area contributed by atoms with Crippen molar-refractivity contribution in [2.75, 3.05) is 10.6 Å². The van der Waals surface area contributed by atoms with Crippen molar-refractivity contribution in [2.24, 2.45) is 25.6 Å². The molecule has 0 fully saturated rings. The lowest BCUT2D eigenvalue weighted by molar-refractivity contribution is 0.0992. The maximum atomic E-state index is 13.1. The molecule has 0 radical (unpaired) electrons. The van der Waals surface area contributed by atoms with Crippen molar-refractivity contribution < 1.29 is 19.2 Å². The minimum Gasteiger partial charge on any atom is -0.366 e. The summed E-state index contributed by atoms with van der Waals surface area (Å²) in [7, 11) is 3.31. The SMILES string of the molecule is Cc1cc(C(N)=O)cc2nc(NC(=O)c3ccnn3C)n(C/C=C/Cn3c(NC(=O)c4ccnn4C)nc4cc(C(N)=O)ccc43)c12. The number of primary amides is 2. The summed E-state index contributed by atoms with van der Waals surface area (Å²) in [5.41, 5.74) is 15.3. The number of hydrogen-bond acceptors (Lipinski definition) is 8. The van der Waals surface area contributed by atoms with Crippen LogP contribution in [0.15, 0.2) is 67.0 Å². The van der Waals surface area contributed by atoms with Crippen LogP contribution in [0, 0.1) is 6.92 Å². The number of nitrogens with one attached hydrogen (secondary N) is 2. The number of carbonyl (C=O) groups excluding carboxylic acids is 4. The fourth-order valence-electron chi connectivity index (χ4n) is 5.34. The number of anilines is 2. The third-order valence-corrected chi connectivity index (χ3v) is 7.65. The minimum atomic E-state index is -0.598. The molecule has 0 spiro atoms. The van der Waals surface area contributed by atoms with Crippen LogP contribution < -0.4 is 22.1 Å². The smallest absolute Gasteiger partial charge is 0.276 e. The summed E-state index contributed by atoms with van der Waals surface area (Å²) in [5.74, 6) is -1.50. The van der Waals surface area contributed by atoms with Crippen molar-refractivity contribution >= 4 is 57.6 Å². The largest absolute Gasteiger partial charge is 0.366 e. The molecule has 238 valence electrons. The van der Waals surface area contributed by atoms with Gasteiger partial charge in [-0.3, -0.25) is 39.2 Å². The van der Waals surface area contributed by atoms with Crippen LogP contribution in [0.4, 0.5) is 11.9 Å². The Morgan fingerprint density at radius 3 is 1.81 bits per heavy atom. The van der Waals surface area contributed by atoms with E-state index in [9.17, 15) is 19.2 Å². The molecule has 47 heavy (non-hydrogen) atoms. The molecule has 6 aromatic rings. The van der Waals surface area contributed by atoms with Crippen molar-refractivity contribution in [1.29, 1.82) is 0 Å². The molecule has 0 saturated carbocycles. The molecule has 4 aromatic heterocycles. The Bertz CT molecular complexity index is 2250. The summed E-state index contributed by atoms with van der Waals surface area (Å²) in [6, 6.07) is 11.3. The molecule has 16 heteroatoms. The predicted molar refractivity (Wildman–Crippen MR) is 173 cm³/mol. The van der Waals surface area contributed by atoms with Crippen molar-refractivity contribution in [1.82, 2.24) is 38.7 Å². The highest BCUT2D eigenvalue weighted by Crippen LogP contribution is 2.26. The Balaban J connectivity index is 1.33. The number of nitrogens with two attached hydrogens (primary N) is 2. The molecule has 4 amide bonds. The predicted octanol–water partition coefficient (Wildman–Crippen LogP) is 2.12. The number of imidazole rings is 2. The molecule has 0 unspecified atom stereocenters. The van der Waals surface area contributed by atoms with E-state index in [1.165, 1.54) is 21.8 Å². The first kappa shape index (κ1) is 30.4. The second-order valence-corrected chi connectivity index (χ2v) is 10.7. The summed E-state index contributed by atoms with van der Waals surface area (Å²) in [5, 5.41) is 13.8. The lowest BCUT2D eigenvalue weighted by atomic mass is 10.1. The van der Waals surface area contributed by atoms with Crippen LogP contribution in [0.25, 0.3) is 22.1 Å². The van der Waals surface area contributed by atoms with E-state index in [2.05, 4.69) is 30.8 Å². The zero-order chi connectivity index (χ0) is 33.4. The summed E-state index contributed by atoms with van der Waals surface area (Å²) < 4.78 is 6.50. The maximum absolute atomic E-state index is 13.1. The molecule has 6 N–H and O–H groups in total. The Kier molecular flexibility index (Phi) is 7.82. The number of nitrogens with zero attached hydrogens (tertiary/aromatic N) is 8. The third kappa shape index (κ3) is 5.82. The number of amides is 4. The quantitative estimate of drug-likeness (QED) is 0.163. The average molecular weight is 635 g/mol. The number of fused-ring (bicyclic) bond motifs is 2. The minimum absolute atomic E-state index is 0.254. The van der Waals surface area contributed by atoms with Gasteiger partial charge in [0.15, 0.2) is 0 Å². The Morgan fingerprint density at radius 1 is 0.723 bits per heavy atom. The highest BCUT2D eigenvalue weighted by atomic mass is 16.2. The van der Waals surface area contributed by atoms with Crippen LogP contribution in [-0.2, 0) is 27.2 Å². The van der Waals surface area contributed by atoms with Gasteiger partial charge in [0.1, 0.15) is 11.4 Å². The van der Waals surface area contributed by atoms with Crippen molar-refractivity contribution in [3.05, 3.63) is 95.1 Å². The van der Waals surface area contributed by atoms with Crippen molar-refractivity contribution in [3.63, 3.8) is 0 Å². The molecular weight excluding hydrogens is 604 g/mol. The van der Waals surface area contributed by atoms with E-state index < -0.39 is 23.6 Å². The number of benzene rings is 2. The molecule has 0 aliphatic heterocycles. The van der Waals surface area contributed by atoms with E-state index in [-0.39, 0.29) is 30.5 Å². The summed E-state index contributed by atoms with van der Waals surface area (Å²) in [6.07, 6.45) is 6.78. The van der Waals surface area contributed by atoms with Gasteiger partial charge in [0.05, 0.1) is 22.1 Å². The fourth-order valence-corrected chi connectivity index (χ4v) is 5.34. The molecular formula is C31H30N12O4. The number of allylic oxidation sites excluding steroid dienone is 2. The second-order valence-electron chi connectivity index (χ2n) is 10.7. The lowest BCUT2D eigenvalue weighted by Crippen LogP contribution is -2.19. The zero-order valence-corrected chi connectivity index (χ0v) is 25.6. The van der Waals surface area contributed by atoms with Gasteiger partial charge < -0.3 is 20.6 Å². The van der Waals surface area contributed by atoms with Gasteiger partial charge >= 0.3 is 0 Å². The molecule has 0 bridgehead atoms. The van der Waals surface area contributed by atoms with Crippen LogP contribution in [-0.4, -0.2) is 62.3 Å². The lowest BCUT2D eigenvalue weighted by Gasteiger charge is -2.11. The highest BCUT2D eigenvalue weighted by molar-refractivity contribution is 6.04. The Hall–Kier alpha value is -6.58. The Morgan fingerprint density at radius 2 is 1.26 bits per heavy atom. The summed E-state index contributed by atoms with van der Waals surface area (Å²) >= 11 is 0. The van der Waals surface area contributed by atoms with E-state index in [1.54, 1.807) is 61.1 Å². The van der Waals surface area contributed by atoms with Gasteiger partial charge in [0, 0.05) is 50.7 Å². The molecule has 0 saturated heterocycles. The second kappa shape index (κ2) is 12.1. The fraction of sp³-hybridized carbons (Fsp3) is 0.161. The van der Waals surface area contributed by atoms with Crippen LogP contribution in [0.1, 0.15) is 47.3 Å². The molecule has 16 nitrogen and oxygen atoms in total. The number of rotatable bonds is 10. The van der Waals surface area contributed by atoms with Crippen LogP contribution in [0.3, 0.4) is 0 Å².